The molecule has 112 valence electrons. The Morgan fingerprint density at radius 2 is 2.00 bits per heavy atom. The summed E-state index contributed by atoms with van der Waals surface area (Å²) in [7, 11) is -0.576. The zero-order chi connectivity index (χ0) is 15.6. The van der Waals surface area contributed by atoms with Crippen molar-refractivity contribution in [3.8, 4) is 0 Å². The highest BCUT2D eigenvalue weighted by Gasteiger charge is 2.22. The molecule has 0 bridgehead atoms. The van der Waals surface area contributed by atoms with E-state index in [0.717, 1.165) is 4.31 Å². The van der Waals surface area contributed by atoms with Crippen molar-refractivity contribution in [2.24, 2.45) is 5.73 Å². The Hall–Kier alpha value is -1.67. The number of primary amides is 1. The molecule has 0 atom stereocenters. The van der Waals surface area contributed by atoms with Gasteiger partial charge in [0.1, 0.15) is 10.7 Å². The van der Waals surface area contributed by atoms with Crippen molar-refractivity contribution < 1.29 is 13.2 Å². The molecule has 0 aromatic carbocycles. The molecule has 0 fully saturated rings. The number of hydrogen-bond donors (Lipinski definition) is 2. The molecule has 0 spiro atoms. The quantitative estimate of drug-likeness (QED) is 0.791. The minimum atomic E-state index is -3.49. The van der Waals surface area contributed by atoms with Crippen LogP contribution >= 0.6 is 0 Å². The van der Waals surface area contributed by atoms with E-state index in [-0.39, 0.29) is 11.3 Å². The van der Waals surface area contributed by atoms with Gasteiger partial charge in [0.05, 0.1) is 0 Å². The van der Waals surface area contributed by atoms with Gasteiger partial charge >= 0.3 is 0 Å². The highest BCUT2D eigenvalue weighted by molar-refractivity contribution is 7.89. The number of nitrogens with two attached hydrogens (primary N) is 1. The van der Waals surface area contributed by atoms with Crippen molar-refractivity contribution in [1.29, 1.82) is 0 Å². The van der Waals surface area contributed by atoms with Crippen LogP contribution in [0.5, 0.6) is 0 Å². The number of hydrogen-bond acceptors (Lipinski definition) is 5. The second kappa shape index (κ2) is 5.76. The summed E-state index contributed by atoms with van der Waals surface area (Å²) < 4.78 is 24.9. The van der Waals surface area contributed by atoms with Crippen LogP contribution in [0.2, 0.25) is 0 Å². The predicted molar refractivity (Wildman–Crippen MR) is 76.6 cm³/mol. The van der Waals surface area contributed by atoms with E-state index in [1.165, 1.54) is 26.4 Å². The largest absolute Gasteiger partial charge is 0.370 e. The fourth-order valence-corrected chi connectivity index (χ4v) is 2.49. The number of rotatable bonds is 6. The summed E-state index contributed by atoms with van der Waals surface area (Å²) in [5.74, 6) is 0.0586. The van der Waals surface area contributed by atoms with E-state index < -0.39 is 21.5 Å². The molecule has 0 unspecified atom stereocenters. The van der Waals surface area contributed by atoms with Gasteiger partial charge in [0.25, 0.3) is 0 Å². The van der Waals surface area contributed by atoms with Gasteiger partial charge in [-0.2, -0.15) is 0 Å². The Morgan fingerprint density at radius 3 is 2.40 bits per heavy atom. The van der Waals surface area contributed by atoms with Gasteiger partial charge in [-0.1, -0.05) is 0 Å². The molecule has 3 N–H and O–H groups in total. The smallest absolute Gasteiger partial charge is 0.244 e. The maximum absolute atomic E-state index is 11.9. The Bertz CT molecular complexity index is 579. The molecular weight excluding hydrogens is 280 g/mol. The summed E-state index contributed by atoms with van der Waals surface area (Å²) in [4.78, 5) is 15.1. The van der Waals surface area contributed by atoms with Crippen LogP contribution in [0.3, 0.4) is 0 Å². The summed E-state index contributed by atoms with van der Waals surface area (Å²) >= 11 is 0. The van der Waals surface area contributed by atoms with Gasteiger partial charge < -0.3 is 11.1 Å². The van der Waals surface area contributed by atoms with E-state index in [0.29, 0.717) is 5.82 Å². The van der Waals surface area contributed by atoms with Crippen molar-refractivity contribution in [2.75, 3.05) is 19.4 Å². The third kappa shape index (κ3) is 4.17. The number of nitrogens with zero attached hydrogens (tertiary/aromatic N) is 2. The first-order valence-electron chi connectivity index (χ1n) is 6.00. The molecule has 0 aliphatic rings. The Kier molecular flexibility index (Phi) is 4.72. The molecule has 1 aromatic heterocycles. The topological polar surface area (TPSA) is 105 Å². The predicted octanol–water partition coefficient (Wildman–Crippen LogP) is 0.398. The van der Waals surface area contributed by atoms with Crippen LogP contribution in [-0.2, 0) is 14.8 Å². The molecule has 1 aromatic rings. The minimum absolute atomic E-state index is 0.112. The van der Waals surface area contributed by atoms with Gasteiger partial charge in [-0.25, -0.2) is 17.7 Å². The summed E-state index contributed by atoms with van der Waals surface area (Å²) in [5.41, 5.74) is 4.61. The van der Waals surface area contributed by atoms with Crippen molar-refractivity contribution in [3.05, 3.63) is 18.3 Å². The lowest BCUT2D eigenvalue weighted by atomic mass is 10.0. The third-order valence-electron chi connectivity index (χ3n) is 2.60. The van der Waals surface area contributed by atoms with Crippen molar-refractivity contribution >= 4 is 21.7 Å². The second-order valence-electron chi connectivity index (χ2n) is 5.32. The van der Waals surface area contributed by atoms with Crippen molar-refractivity contribution in [3.63, 3.8) is 0 Å². The van der Waals surface area contributed by atoms with E-state index in [9.17, 15) is 13.2 Å². The Morgan fingerprint density at radius 1 is 1.40 bits per heavy atom. The van der Waals surface area contributed by atoms with Gasteiger partial charge in [0.15, 0.2) is 0 Å². The average molecular weight is 300 g/mol. The standard InChI is InChI=1S/C12H20N4O3S/c1-12(2,7-10(13)17)15-11-6-5-9(8-14-11)20(18,19)16(3)4/h5-6,8H,7H2,1-4H3,(H2,13,17)(H,14,15). The first kappa shape index (κ1) is 16.4. The molecule has 0 aliphatic carbocycles. The number of sulfonamides is 1. The molecule has 0 saturated heterocycles. The molecule has 0 radical (unpaired) electrons. The van der Waals surface area contributed by atoms with E-state index in [2.05, 4.69) is 10.3 Å². The van der Waals surface area contributed by atoms with Crippen LogP contribution in [0, 0.1) is 0 Å². The lowest BCUT2D eigenvalue weighted by Crippen LogP contribution is -2.36. The zero-order valence-corrected chi connectivity index (χ0v) is 12.9. The van der Waals surface area contributed by atoms with Gasteiger partial charge in [-0.3, -0.25) is 4.79 Å². The van der Waals surface area contributed by atoms with Crippen LogP contribution in [-0.4, -0.2) is 43.2 Å². The SMILES string of the molecule is CN(C)S(=O)(=O)c1ccc(NC(C)(C)CC(N)=O)nc1. The maximum atomic E-state index is 11.9. The molecule has 0 aliphatic heterocycles. The van der Waals surface area contributed by atoms with Gasteiger partial charge in [0.2, 0.25) is 15.9 Å². The molecule has 7 nitrogen and oxygen atoms in total. The third-order valence-corrected chi connectivity index (χ3v) is 4.40. The van der Waals surface area contributed by atoms with Crippen molar-refractivity contribution in [1.82, 2.24) is 9.29 Å². The van der Waals surface area contributed by atoms with Gasteiger partial charge in [0, 0.05) is 32.3 Å². The van der Waals surface area contributed by atoms with Gasteiger partial charge in [-0.05, 0) is 26.0 Å². The first-order chi connectivity index (χ1) is 9.04. The van der Waals surface area contributed by atoms with Gasteiger partial charge in [-0.15, -0.1) is 0 Å². The summed E-state index contributed by atoms with van der Waals surface area (Å²) in [6.45, 7) is 3.62. The van der Waals surface area contributed by atoms with E-state index in [4.69, 9.17) is 5.73 Å². The average Bonchev–Trinajstić information content (AvgIpc) is 2.26. The fourth-order valence-electron chi connectivity index (χ4n) is 1.64. The highest BCUT2D eigenvalue weighted by Crippen LogP contribution is 2.18. The van der Waals surface area contributed by atoms with E-state index in [1.54, 1.807) is 6.07 Å². The van der Waals surface area contributed by atoms with E-state index in [1.807, 2.05) is 13.8 Å². The number of nitrogens with one attached hydrogen (secondary N) is 1. The monoisotopic (exact) mass is 300 g/mol. The second-order valence-corrected chi connectivity index (χ2v) is 7.47. The molecule has 8 heteroatoms. The number of carbonyl (C=O) groups excluding carboxylic acids is 1. The Labute approximate surface area is 119 Å². The number of pyridine rings is 1. The first-order valence-corrected chi connectivity index (χ1v) is 7.44. The summed E-state index contributed by atoms with van der Waals surface area (Å²) in [6.07, 6.45) is 1.42. The van der Waals surface area contributed by atoms with Crippen LogP contribution in [0.15, 0.2) is 23.2 Å². The lowest BCUT2D eigenvalue weighted by molar-refractivity contribution is -0.118. The molecule has 1 rings (SSSR count). The van der Waals surface area contributed by atoms with E-state index >= 15 is 0 Å². The molecular formula is C12H20N4O3S. The molecule has 20 heavy (non-hydrogen) atoms. The molecule has 0 saturated carbocycles. The Balaban J connectivity index is 2.90. The highest BCUT2D eigenvalue weighted by atomic mass is 32.2. The van der Waals surface area contributed by atoms with Crippen LogP contribution in [0.25, 0.3) is 0 Å². The lowest BCUT2D eigenvalue weighted by Gasteiger charge is -2.25. The van der Waals surface area contributed by atoms with Crippen LogP contribution in [0.4, 0.5) is 5.82 Å². The fraction of sp³-hybridized carbons (Fsp3) is 0.500. The summed E-state index contributed by atoms with van der Waals surface area (Å²) in [6, 6.07) is 3.02. The molecule has 1 heterocycles. The molecule has 1 amide bonds. The number of anilines is 1. The van der Waals surface area contributed by atoms with Crippen LogP contribution in [0.1, 0.15) is 20.3 Å². The maximum Gasteiger partial charge on any atom is 0.244 e. The summed E-state index contributed by atoms with van der Waals surface area (Å²) in [5, 5.41) is 3.04. The van der Waals surface area contributed by atoms with Crippen molar-refractivity contribution in [2.45, 2.75) is 30.7 Å². The zero-order valence-electron chi connectivity index (χ0n) is 12.0. The number of aromatic nitrogens is 1. The number of carbonyl (C=O) groups is 1. The minimum Gasteiger partial charge on any atom is -0.370 e. The van der Waals surface area contributed by atoms with Crippen LogP contribution < -0.4 is 11.1 Å². The number of amides is 1. The normalized spacial score (nSPS) is 12.4.